The Kier molecular flexibility index (Phi) is 3.94. The minimum absolute atomic E-state index is 0.0184. The van der Waals surface area contributed by atoms with Gasteiger partial charge >= 0.3 is 0 Å². The van der Waals surface area contributed by atoms with Crippen molar-refractivity contribution in [3.8, 4) is 0 Å². The summed E-state index contributed by atoms with van der Waals surface area (Å²) in [5.74, 6) is 0.829. The van der Waals surface area contributed by atoms with Gasteiger partial charge in [-0.15, -0.1) is 0 Å². The summed E-state index contributed by atoms with van der Waals surface area (Å²) in [4.78, 5) is 11.2. The first-order valence-electron chi connectivity index (χ1n) is 6.46. The third-order valence-electron chi connectivity index (χ3n) is 3.24. The summed E-state index contributed by atoms with van der Waals surface area (Å²) in [5, 5.41) is 9.12. The number of rotatable bonds is 6. The predicted molar refractivity (Wildman–Crippen MR) is 68.0 cm³/mol. The van der Waals surface area contributed by atoms with E-state index in [1.165, 1.54) is 25.7 Å². The van der Waals surface area contributed by atoms with Gasteiger partial charge in [0.05, 0.1) is 6.61 Å². The van der Waals surface area contributed by atoms with E-state index in [2.05, 4.69) is 21.8 Å². The summed E-state index contributed by atoms with van der Waals surface area (Å²) < 4.78 is 0. The van der Waals surface area contributed by atoms with E-state index in [-0.39, 0.29) is 6.61 Å². The maximum atomic E-state index is 9.12. The smallest absolute Gasteiger partial charge is 0.225 e. The van der Waals surface area contributed by atoms with Gasteiger partial charge in [-0.05, 0) is 26.2 Å². The molecule has 0 radical (unpaired) electrons. The second kappa shape index (κ2) is 5.45. The van der Waals surface area contributed by atoms with Crippen LogP contribution in [0.3, 0.4) is 0 Å². The van der Waals surface area contributed by atoms with Crippen molar-refractivity contribution in [2.24, 2.45) is 0 Å². The molecule has 1 aromatic heterocycles. The first kappa shape index (κ1) is 12.3. The molecule has 2 rings (SSSR count). The van der Waals surface area contributed by atoms with Crippen molar-refractivity contribution >= 4 is 5.95 Å². The summed E-state index contributed by atoms with van der Waals surface area (Å²) in [5.41, 5.74) is 1.71. The molecule has 1 aliphatic rings. The number of aliphatic hydroxyl groups excluding tert-OH is 1. The molecule has 0 amide bonds. The highest BCUT2D eigenvalue weighted by molar-refractivity contribution is 5.36. The highest BCUT2D eigenvalue weighted by Crippen LogP contribution is 2.30. The number of aryl methyl sites for hydroxylation is 1. The molecular weight excluding hydrogens is 214 g/mol. The second-order valence-corrected chi connectivity index (χ2v) is 4.72. The lowest BCUT2D eigenvalue weighted by atomic mass is 10.2. The molecule has 94 valence electrons. The first-order valence-corrected chi connectivity index (χ1v) is 6.46. The van der Waals surface area contributed by atoms with E-state index >= 15 is 0 Å². The molecule has 4 heteroatoms. The fourth-order valence-corrected chi connectivity index (χ4v) is 1.93. The summed E-state index contributed by atoms with van der Waals surface area (Å²) in [6.07, 6.45) is 6.64. The standard InChI is InChI=1S/C13H21N3O/c1-3-4-7-16(12-5-6-12)13-14-8-11(9-17)10(2)15-13/h8,12,17H,3-7,9H2,1-2H3. The molecule has 0 saturated heterocycles. The highest BCUT2D eigenvalue weighted by Gasteiger charge is 2.30. The molecule has 1 saturated carbocycles. The molecule has 1 N–H and O–H groups in total. The van der Waals surface area contributed by atoms with Gasteiger partial charge in [0.2, 0.25) is 5.95 Å². The van der Waals surface area contributed by atoms with Crippen molar-refractivity contribution in [3.63, 3.8) is 0 Å². The number of nitrogens with zero attached hydrogens (tertiary/aromatic N) is 3. The molecule has 0 aliphatic heterocycles. The number of hydrogen-bond acceptors (Lipinski definition) is 4. The molecule has 1 heterocycles. The minimum Gasteiger partial charge on any atom is -0.392 e. The van der Waals surface area contributed by atoms with E-state index in [0.29, 0.717) is 6.04 Å². The topological polar surface area (TPSA) is 49.2 Å². The van der Waals surface area contributed by atoms with Gasteiger partial charge in [0.15, 0.2) is 0 Å². The Morgan fingerprint density at radius 1 is 1.47 bits per heavy atom. The first-order chi connectivity index (χ1) is 8.26. The van der Waals surface area contributed by atoms with Gasteiger partial charge < -0.3 is 10.0 Å². The summed E-state index contributed by atoms with van der Waals surface area (Å²) in [7, 11) is 0. The van der Waals surface area contributed by atoms with Crippen LogP contribution in [0.1, 0.15) is 43.9 Å². The average Bonchev–Trinajstić information content (AvgIpc) is 3.14. The van der Waals surface area contributed by atoms with Crippen molar-refractivity contribution < 1.29 is 5.11 Å². The van der Waals surface area contributed by atoms with Crippen molar-refractivity contribution in [2.75, 3.05) is 11.4 Å². The van der Waals surface area contributed by atoms with Gasteiger partial charge in [-0.25, -0.2) is 9.97 Å². The Morgan fingerprint density at radius 2 is 2.24 bits per heavy atom. The van der Waals surface area contributed by atoms with E-state index < -0.39 is 0 Å². The molecule has 1 aromatic rings. The van der Waals surface area contributed by atoms with Crippen LogP contribution in [0.25, 0.3) is 0 Å². The maximum absolute atomic E-state index is 9.12. The fourth-order valence-electron chi connectivity index (χ4n) is 1.93. The summed E-state index contributed by atoms with van der Waals surface area (Å²) in [6, 6.07) is 0.640. The molecule has 17 heavy (non-hydrogen) atoms. The van der Waals surface area contributed by atoms with Crippen LogP contribution < -0.4 is 4.90 Å². The van der Waals surface area contributed by atoms with E-state index in [1.807, 2.05) is 6.92 Å². The minimum atomic E-state index is 0.0184. The Balaban J connectivity index is 2.14. The Labute approximate surface area is 103 Å². The van der Waals surface area contributed by atoms with Crippen LogP contribution in [0.5, 0.6) is 0 Å². The van der Waals surface area contributed by atoms with Crippen molar-refractivity contribution in [1.29, 1.82) is 0 Å². The molecule has 0 unspecified atom stereocenters. The Morgan fingerprint density at radius 3 is 2.76 bits per heavy atom. The van der Waals surface area contributed by atoms with E-state index in [9.17, 15) is 0 Å². The number of anilines is 1. The Hall–Kier alpha value is -1.16. The third kappa shape index (κ3) is 2.94. The zero-order chi connectivity index (χ0) is 12.3. The van der Waals surface area contributed by atoms with Crippen LogP contribution >= 0.6 is 0 Å². The van der Waals surface area contributed by atoms with E-state index in [1.54, 1.807) is 6.20 Å². The molecule has 0 atom stereocenters. The monoisotopic (exact) mass is 235 g/mol. The van der Waals surface area contributed by atoms with Gasteiger partial charge in [0.25, 0.3) is 0 Å². The normalized spacial score (nSPS) is 15.0. The van der Waals surface area contributed by atoms with E-state index in [4.69, 9.17) is 5.11 Å². The zero-order valence-electron chi connectivity index (χ0n) is 10.7. The van der Waals surface area contributed by atoms with Crippen LogP contribution in [0.15, 0.2) is 6.20 Å². The van der Waals surface area contributed by atoms with Gasteiger partial charge in [0, 0.05) is 30.0 Å². The van der Waals surface area contributed by atoms with Crippen molar-refractivity contribution in [1.82, 2.24) is 9.97 Å². The maximum Gasteiger partial charge on any atom is 0.225 e. The Bertz CT molecular complexity index is 377. The van der Waals surface area contributed by atoms with E-state index in [0.717, 1.165) is 23.8 Å². The molecule has 0 bridgehead atoms. The van der Waals surface area contributed by atoms with Gasteiger partial charge in [-0.2, -0.15) is 0 Å². The lowest BCUT2D eigenvalue weighted by molar-refractivity contribution is 0.280. The van der Waals surface area contributed by atoms with Crippen LogP contribution in [0.2, 0.25) is 0 Å². The molecule has 4 nitrogen and oxygen atoms in total. The molecule has 0 aromatic carbocycles. The van der Waals surface area contributed by atoms with Crippen LogP contribution in [-0.4, -0.2) is 27.7 Å². The SMILES string of the molecule is CCCCN(c1ncc(CO)c(C)n1)C1CC1. The summed E-state index contributed by atoms with van der Waals surface area (Å²) >= 11 is 0. The molecule has 1 aliphatic carbocycles. The molecular formula is C13H21N3O. The fraction of sp³-hybridized carbons (Fsp3) is 0.692. The lowest BCUT2D eigenvalue weighted by Crippen LogP contribution is -2.29. The molecule has 1 fully saturated rings. The zero-order valence-corrected chi connectivity index (χ0v) is 10.7. The number of hydrogen-bond donors (Lipinski definition) is 1. The van der Waals surface area contributed by atoms with Crippen LogP contribution in [-0.2, 0) is 6.61 Å². The second-order valence-electron chi connectivity index (χ2n) is 4.72. The van der Waals surface area contributed by atoms with Gasteiger partial charge in [-0.1, -0.05) is 13.3 Å². The lowest BCUT2D eigenvalue weighted by Gasteiger charge is -2.22. The predicted octanol–water partition coefficient (Wildman–Crippen LogP) is 2.05. The number of unbranched alkanes of at least 4 members (excludes halogenated alkanes) is 1. The third-order valence-corrected chi connectivity index (χ3v) is 3.24. The van der Waals surface area contributed by atoms with Crippen molar-refractivity contribution in [2.45, 2.75) is 52.2 Å². The summed E-state index contributed by atoms with van der Waals surface area (Å²) in [6.45, 7) is 5.19. The van der Waals surface area contributed by atoms with Gasteiger partial charge in [-0.3, -0.25) is 0 Å². The van der Waals surface area contributed by atoms with Gasteiger partial charge in [0.1, 0.15) is 0 Å². The number of aliphatic hydroxyl groups is 1. The van der Waals surface area contributed by atoms with Crippen molar-refractivity contribution in [3.05, 3.63) is 17.5 Å². The average molecular weight is 235 g/mol. The van der Waals surface area contributed by atoms with Crippen LogP contribution in [0, 0.1) is 6.92 Å². The quantitative estimate of drug-likeness (QED) is 0.820. The highest BCUT2D eigenvalue weighted by atomic mass is 16.3. The molecule has 0 spiro atoms. The van der Waals surface area contributed by atoms with Crippen LogP contribution in [0.4, 0.5) is 5.95 Å². The number of aromatic nitrogens is 2. The largest absolute Gasteiger partial charge is 0.392 e.